The van der Waals surface area contributed by atoms with E-state index in [1.165, 1.54) is 17.3 Å². The zero-order valence-corrected chi connectivity index (χ0v) is 18.4. The maximum absolute atomic E-state index is 13.5. The highest BCUT2D eigenvalue weighted by Gasteiger charge is 2.29. The molecule has 1 aromatic carbocycles. The topological polar surface area (TPSA) is 108 Å². The number of para-hydroxylation sites is 1. The van der Waals surface area contributed by atoms with Crippen molar-refractivity contribution in [1.82, 2.24) is 29.6 Å². The molecule has 0 aliphatic heterocycles. The van der Waals surface area contributed by atoms with Crippen LogP contribution in [-0.2, 0) is 17.9 Å². The largest absolute Gasteiger partial charge is 0.352 e. The molecule has 2 aliphatic rings. The standard InChI is InChI=1S/C24H26N6O3/c31-19(26-16-6-2-1-3-7-16)12-30-18-9-5-4-8-17(18)21-22(30)24(32)29(14-25-21)13-20-27-23(28-33-20)15-10-11-15/h4-5,8-9,14-16H,1-3,6-7,10-13H2,(H,26,31). The maximum Gasteiger partial charge on any atom is 0.278 e. The van der Waals surface area contributed by atoms with Gasteiger partial charge in [0.1, 0.15) is 24.1 Å². The number of nitrogens with zero attached hydrogens (tertiary/aromatic N) is 5. The van der Waals surface area contributed by atoms with Crippen molar-refractivity contribution in [3.63, 3.8) is 0 Å². The molecule has 9 heteroatoms. The van der Waals surface area contributed by atoms with E-state index in [0.29, 0.717) is 28.7 Å². The molecule has 0 radical (unpaired) electrons. The molecule has 1 N–H and O–H groups in total. The van der Waals surface area contributed by atoms with Gasteiger partial charge in [-0.05, 0) is 31.7 Å². The van der Waals surface area contributed by atoms with Crippen LogP contribution in [0.1, 0.15) is 62.6 Å². The van der Waals surface area contributed by atoms with Gasteiger partial charge in [0.05, 0.1) is 11.8 Å². The molecule has 4 aromatic rings. The number of hydrogen-bond donors (Lipinski definition) is 1. The number of carbonyl (C=O) groups is 1. The van der Waals surface area contributed by atoms with Crippen LogP contribution in [-0.4, -0.2) is 36.2 Å². The molecule has 6 rings (SSSR count). The lowest BCUT2D eigenvalue weighted by molar-refractivity contribution is -0.122. The van der Waals surface area contributed by atoms with E-state index in [2.05, 4.69) is 20.4 Å². The average molecular weight is 447 g/mol. The molecular formula is C24H26N6O3. The van der Waals surface area contributed by atoms with E-state index in [1.54, 1.807) is 4.57 Å². The van der Waals surface area contributed by atoms with Crippen molar-refractivity contribution in [2.24, 2.45) is 0 Å². The average Bonchev–Trinajstić information content (AvgIpc) is 3.50. The summed E-state index contributed by atoms with van der Waals surface area (Å²) in [5.74, 6) is 1.40. The summed E-state index contributed by atoms with van der Waals surface area (Å²) < 4.78 is 8.62. The Kier molecular flexibility index (Phi) is 4.96. The van der Waals surface area contributed by atoms with Crippen LogP contribution >= 0.6 is 0 Å². The van der Waals surface area contributed by atoms with E-state index in [1.807, 2.05) is 24.3 Å². The Balaban J connectivity index is 1.36. The summed E-state index contributed by atoms with van der Waals surface area (Å²) in [5, 5.41) is 8.05. The first-order valence-corrected chi connectivity index (χ1v) is 11.8. The van der Waals surface area contributed by atoms with Crippen molar-refractivity contribution in [2.75, 3.05) is 0 Å². The number of carbonyl (C=O) groups excluding carboxylic acids is 1. The maximum atomic E-state index is 13.5. The first-order valence-electron chi connectivity index (χ1n) is 11.8. The normalized spacial score (nSPS) is 17.1. The summed E-state index contributed by atoms with van der Waals surface area (Å²) >= 11 is 0. The molecule has 0 bridgehead atoms. The lowest BCUT2D eigenvalue weighted by Crippen LogP contribution is -2.38. The van der Waals surface area contributed by atoms with E-state index < -0.39 is 0 Å². The molecule has 33 heavy (non-hydrogen) atoms. The van der Waals surface area contributed by atoms with E-state index in [-0.39, 0.29) is 30.6 Å². The molecule has 170 valence electrons. The monoisotopic (exact) mass is 446 g/mol. The van der Waals surface area contributed by atoms with Crippen LogP contribution in [0.25, 0.3) is 21.9 Å². The second kappa shape index (κ2) is 8.13. The number of rotatable bonds is 6. The van der Waals surface area contributed by atoms with Crippen molar-refractivity contribution in [2.45, 2.75) is 70.0 Å². The Labute approximate surface area is 189 Å². The number of hydrogen-bond acceptors (Lipinski definition) is 6. The SMILES string of the molecule is O=C(Cn1c2ccccc2c2ncn(Cc3nc(C4CC4)no3)c(=O)c21)NC1CCCCC1. The third kappa shape index (κ3) is 3.81. The van der Waals surface area contributed by atoms with Gasteiger partial charge in [0, 0.05) is 17.3 Å². The lowest BCUT2D eigenvalue weighted by atomic mass is 9.95. The Morgan fingerprint density at radius 1 is 1.12 bits per heavy atom. The number of nitrogens with one attached hydrogen (secondary N) is 1. The molecule has 0 saturated heterocycles. The number of amides is 1. The van der Waals surface area contributed by atoms with E-state index >= 15 is 0 Å². The summed E-state index contributed by atoms with van der Waals surface area (Å²) in [6.45, 7) is 0.227. The van der Waals surface area contributed by atoms with Gasteiger partial charge in [0.2, 0.25) is 11.8 Å². The van der Waals surface area contributed by atoms with Crippen LogP contribution in [0, 0.1) is 0 Å². The summed E-state index contributed by atoms with van der Waals surface area (Å²) in [6, 6.07) is 7.90. The lowest BCUT2D eigenvalue weighted by Gasteiger charge is -2.23. The van der Waals surface area contributed by atoms with Gasteiger partial charge >= 0.3 is 0 Å². The summed E-state index contributed by atoms with van der Waals surface area (Å²) in [6.07, 6.45) is 9.23. The van der Waals surface area contributed by atoms with Crippen molar-refractivity contribution in [3.05, 3.63) is 52.7 Å². The van der Waals surface area contributed by atoms with Crippen LogP contribution in [0.2, 0.25) is 0 Å². The van der Waals surface area contributed by atoms with Crippen molar-refractivity contribution in [1.29, 1.82) is 0 Å². The third-order valence-corrected chi connectivity index (χ3v) is 6.74. The van der Waals surface area contributed by atoms with E-state index in [4.69, 9.17) is 4.52 Å². The fraction of sp³-hybridized carbons (Fsp3) is 0.458. The fourth-order valence-corrected chi connectivity index (χ4v) is 4.87. The molecule has 2 aliphatic carbocycles. The molecule has 2 saturated carbocycles. The molecule has 9 nitrogen and oxygen atoms in total. The number of aromatic nitrogens is 5. The van der Waals surface area contributed by atoms with Crippen LogP contribution in [0.3, 0.4) is 0 Å². The minimum Gasteiger partial charge on any atom is -0.352 e. The summed E-state index contributed by atoms with van der Waals surface area (Å²) in [5.41, 5.74) is 1.61. The first-order chi connectivity index (χ1) is 16.2. The first kappa shape index (κ1) is 20.1. The highest BCUT2D eigenvalue weighted by molar-refractivity contribution is 6.06. The van der Waals surface area contributed by atoms with Gasteiger partial charge in [-0.3, -0.25) is 14.2 Å². The molecule has 3 aromatic heterocycles. The third-order valence-electron chi connectivity index (χ3n) is 6.74. The molecule has 2 fully saturated rings. The van der Waals surface area contributed by atoms with E-state index in [9.17, 15) is 9.59 Å². The minimum absolute atomic E-state index is 0.0772. The van der Waals surface area contributed by atoms with Crippen molar-refractivity contribution >= 4 is 27.8 Å². The molecule has 0 atom stereocenters. The highest BCUT2D eigenvalue weighted by Crippen LogP contribution is 2.38. The van der Waals surface area contributed by atoms with Gasteiger partial charge in [0.25, 0.3) is 5.56 Å². The molecule has 0 unspecified atom stereocenters. The zero-order chi connectivity index (χ0) is 22.4. The van der Waals surface area contributed by atoms with Crippen molar-refractivity contribution in [3.8, 4) is 0 Å². The van der Waals surface area contributed by atoms with Gasteiger partial charge in [0.15, 0.2) is 5.82 Å². The smallest absolute Gasteiger partial charge is 0.278 e. The van der Waals surface area contributed by atoms with Crippen LogP contribution in [0.4, 0.5) is 0 Å². The number of benzene rings is 1. The molecule has 1 amide bonds. The molecule has 0 spiro atoms. The highest BCUT2D eigenvalue weighted by atomic mass is 16.5. The van der Waals surface area contributed by atoms with Crippen LogP contribution in [0.5, 0.6) is 0 Å². The minimum atomic E-state index is -0.229. The van der Waals surface area contributed by atoms with Gasteiger partial charge in [-0.1, -0.05) is 42.6 Å². The van der Waals surface area contributed by atoms with Crippen LogP contribution < -0.4 is 10.9 Å². The molecular weight excluding hydrogens is 420 g/mol. The van der Waals surface area contributed by atoms with Gasteiger partial charge in [-0.25, -0.2) is 4.98 Å². The Morgan fingerprint density at radius 2 is 1.94 bits per heavy atom. The van der Waals surface area contributed by atoms with E-state index in [0.717, 1.165) is 49.4 Å². The van der Waals surface area contributed by atoms with Gasteiger partial charge < -0.3 is 14.4 Å². The van der Waals surface area contributed by atoms with Gasteiger partial charge in [-0.2, -0.15) is 4.98 Å². The quantitative estimate of drug-likeness (QED) is 0.488. The van der Waals surface area contributed by atoms with Gasteiger partial charge in [-0.15, -0.1) is 0 Å². The number of fused-ring (bicyclic) bond motifs is 3. The zero-order valence-electron chi connectivity index (χ0n) is 18.4. The Bertz CT molecular complexity index is 1390. The predicted octanol–water partition coefficient (Wildman–Crippen LogP) is 3.11. The van der Waals surface area contributed by atoms with Crippen LogP contribution in [0.15, 0.2) is 39.9 Å². The predicted molar refractivity (Wildman–Crippen MR) is 122 cm³/mol. The molecule has 3 heterocycles. The Morgan fingerprint density at radius 3 is 2.76 bits per heavy atom. The Hall–Kier alpha value is -3.49. The second-order valence-electron chi connectivity index (χ2n) is 9.20. The fourth-order valence-electron chi connectivity index (χ4n) is 4.87. The summed E-state index contributed by atoms with van der Waals surface area (Å²) in [4.78, 5) is 35.5. The summed E-state index contributed by atoms with van der Waals surface area (Å²) in [7, 11) is 0. The van der Waals surface area contributed by atoms with Crippen molar-refractivity contribution < 1.29 is 9.32 Å². The second-order valence-corrected chi connectivity index (χ2v) is 9.20.